The summed E-state index contributed by atoms with van der Waals surface area (Å²) in [4.78, 5) is 11.4. The molecule has 0 aliphatic heterocycles. The van der Waals surface area contributed by atoms with E-state index in [0.29, 0.717) is 11.7 Å². The van der Waals surface area contributed by atoms with Crippen molar-refractivity contribution in [2.45, 2.75) is 58.3 Å². The van der Waals surface area contributed by atoms with Crippen molar-refractivity contribution in [3.63, 3.8) is 0 Å². The summed E-state index contributed by atoms with van der Waals surface area (Å²) in [7, 11) is 0. The Hall–Kier alpha value is -0.330. The number of rotatable bonds is 2. The summed E-state index contributed by atoms with van der Waals surface area (Å²) in [5, 5.41) is 0. The Morgan fingerprint density at radius 1 is 1.08 bits per heavy atom. The highest BCUT2D eigenvalue weighted by Crippen LogP contribution is 2.23. The van der Waals surface area contributed by atoms with Crippen molar-refractivity contribution in [3.8, 4) is 0 Å². The summed E-state index contributed by atoms with van der Waals surface area (Å²) in [6.07, 6.45) is 9.67. The average Bonchev–Trinajstić information content (AvgIpc) is 2.02. The van der Waals surface area contributed by atoms with Gasteiger partial charge in [-0.3, -0.25) is 4.79 Å². The highest BCUT2D eigenvalue weighted by Gasteiger charge is 2.16. The molecule has 70 valence electrons. The highest BCUT2D eigenvalue weighted by atomic mass is 16.1. The molecule has 0 aromatic rings. The molecular weight excluding hydrogens is 148 g/mol. The van der Waals surface area contributed by atoms with E-state index in [9.17, 15) is 4.79 Å². The number of hydrogen-bond donors (Lipinski definition) is 0. The molecule has 1 nitrogen and oxygen atoms in total. The molecule has 0 bridgehead atoms. The molecule has 1 heteroatoms. The van der Waals surface area contributed by atoms with Crippen molar-refractivity contribution in [2.75, 3.05) is 0 Å². The van der Waals surface area contributed by atoms with Crippen LogP contribution in [0, 0.1) is 5.92 Å². The van der Waals surface area contributed by atoms with Gasteiger partial charge in [0.25, 0.3) is 0 Å². The van der Waals surface area contributed by atoms with E-state index < -0.39 is 0 Å². The van der Waals surface area contributed by atoms with Crippen molar-refractivity contribution in [1.82, 2.24) is 0 Å². The molecule has 1 rings (SSSR count). The topological polar surface area (TPSA) is 17.1 Å². The summed E-state index contributed by atoms with van der Waals surface area (Å²) < 4.78 is 0. The fourth-order valence-electron chi connectivity index (χ4n) is 2.07. The van der Waals surface area contributed by atoms with Gasteiger partial charge in [0.2, 0.25) is 0 Å². The molecule has 1 aliphatic carbocycles. The lowest BCUT2D eigenvalue weighted by Gasteiger charge is -2.17. The summed E-state index contributed by atoms with van der Waals surface area (Å²) in [5.74, 6) is 0.909. The van der Waals surface area contributed by atoms with Gasteiger partial charge in [0, 0.05) is 12.3 Å². The molecule has 12 heavy (non-hydrogen) atoms. The summed E-state index contributed by atoms with van der Waals surface area (Å²) in [6, 6.07) is 0. The Labute approximate surface area is 75.5 Å². The van der Waals surface area contributed by atoms with Crippen molar-refractivity contribution < 1.29 is 4.79 Å². The van der Waals surface area contributed by atoms with Gasteiger partial charge in [-0.05, 0) is 12.8 Å². The number of hydrogen-bond acceptors (Lipinski definition) is 1. The quantitative estimate of drug-likeness (QED) is 0.618. The van der Waals surface area contributed by atoms with Crippen LogP contribution in [0.4, 0.5) is 0 Å². The standard InChI is InChI=1S/C11H20O/c1-2-11(12)10-8-6-4-3-5-7-9-10/h10H,2-9H2,1H3. The molecule has 0 radical (unpaired) electrons. The minimum Gasteiger partial charge on any atom is -0.299 e. The fraction of sp³-hybridized carbons (Fsp3) is 0.909. The van der Waals surface area contributed by atoms with Crippen LogP contribution >= 0.6 is 0 Å². The van der Waals surface area contributed by atoms with Gasteiger partial charge in [0.15, 0.2) is 0 Å². The van der Waals surface area contributed by atoms with E-state index in [-0.39, 0.29) is 0 Å². The smallest absolute Gasteiger partial charge is 0.135 e. The van der Waals surface area contributed by atoms with Gasteiger partial charge < -0.3 is 0 Å². The minimum atomic E-state index is 0.412. The van der Waals surface area contributed by atoms with E-state index in [1.54, 1.807) is 0 Å². The van der Waals surface area contributed by atoms with Crippen molar-refractivity contribution in [2.24, 2.45) is 5.92 Å². The third-order valence-corrected chi connectivity index (χ3v) is 2.91. The Balaban J connectivity index is 2.34. The van der Waals surface area contributed by atoms with Gasteiger partial charge in [0.1, 0.15) is 5.78 Å². The van der Waals surface area contributed by atoms with Gasteiger partial charge in [0.05, 0.1) is 0 Å². The van der Waals surface area contributed by atoms with Gasteiger partial charge in [-0.2, -0.15) is 0 Å². The fourth-order valence-corrected chi connectivity index (χ4v) is 2.07. The van der Waals surface area contributed by atoms with Gasteiger partial charge in [-0.1, -0.05) is 39.0 Å². The second-order valence-corrected chi connectivity index (χ2v) is 3.86. The van der Waals surface area contributed by atoms with E-state index in [4.69, 9.17) is 0 Å². The average molecular weight is 168 g/mol. The zero-order valence-electron chi connectivity index (χ0n) is 8.14. The molecule has 0 aromatic carbocycles. The van der Waals surface area contributed by atoms with Crippen molar-refractivity contribution in [1.29, 1.82) is 0 Å². The molecule has 0 aromatic heterocycles. The van der Waals surface area contributed by atoms with Crippen LogP contribution in [-0.4, -0.2) is 5.78 Å². The predicted octanol–water partition coefficient (Wildman–Crippen LogP) is 3.33. The molecule has 0 unspecified atom stereocenters. The lowest BCUT2D eigenvalue weighted by Crippen LogP contribution is -2.14. The second kappa shape index (κ2) is 5.34. The normalized spacial score (nSPS) is 21.4. The Kier molecular flexibility index (Phi) is 4.34. The molecule has 0 N–H and O–H groups in total. The van der Waals surface area contributed by atoms with Crippen LogP contribution in [0.1, 0.15) is 58.3 Å². The maximum absolute atomic E-state index is 11.4. The highest BCUT2D eigenvalue weighted by molar-refractivity contribution is 5.80. The van der Waals surface area contributed by atoms with Crippen LogP contribution in [0.5, 0.6) is 0 Å². The molecule has 0 saturated heterocycles. The van der Waals surface area contributed by atoms with Crippen LogP contribution in [-0.2, 0) is 4.79 Å². The Bertz CT molecular complexity index is 132. The lowest BCUT2D eigenvalue weighted by atomic mass is 9.87. The molecule has 0 heterocycles. The zero-order valence-corrected chi connectivity index (χ0v) is 8.14. The number of carbonyl (C=O) groups excluding carboxylic acids is 1. The molecule has 1 aliphatic rings. The summed E-state index contributed by atoms with van der Waals surface area (Å²) in [5.41, 5.74) is 0. The first-order valence-corrected chi connectivity index (χ1v) is 5.37. The number of ketones is 1. The first-order valence-electron chi connectivity index (χ1n) is 5.37. The predicted molar refractivity (Wildman–Crippen MR) is 51.1 cm³/mol. The minimum absolute atomic E-state index is 0.412. The number of carbonyl (C=O) groups is 1. The lowest BCUT2D eigenvalue weighted by molar-refractivity contribution is -0.123. The maximum Gasteiger partial charge on any atom is 0.135 e. The van der Waals surface area contributed by atoms with Gasteiger partial charge >= 0.3 is 0 Å². The second-order valence-electron chi connectivity index (χ2n) is 3.86. The summed E-state index contributed by atoms with van der Waals surface area (Å²) >= 11 is 0. The van der Waals surface area contributed by atoms with Crippen LogP contribution < -0.4 is 0 Å². The van der Waals surface area contributed by atoms with Gasteiger partial charge in [-0.15, -0.1) is 0 Å². The van der Waals surface area contributed by atoms with E-state index in [2.05, 4.69) is 0 Å². The Morgan fingerprint density at radius 2 is 1.58 bits per heavy atom. The van der Waals surface area contributed by atoms with E-state index in [1.807, 2.05) is 6.92 Å². The number of Topliss-reactive ketones (excluding diaryl/α,β-unsaturated/α-hetero) is 1. The van der Waals surface area contributed by atoms with E-state index in [1.165, 1.54) is 32.1 Å². The third-order valence-electron chi connectivity index (χ3n) is 2.91. The zero-order chi connectivity index (χ0) is 8.81. The first-order chi connectivity index (χ1) is 5.84. The first kappa shape index (κ1) is 9.76. The molecule has 1 fully saturated rings. The third kappa shape index (κ3) is 2.96. The maximum atomic E-state index is 11.4. The van der Waals surface area contributed by atoms with Crippen LogP contribution in [0.2, 0.25) is 0 Å². The van der Waals surface area contributed by atoms with Crippen LogP contribution in [0.15, 0.2) is 0 Å². The van der Waals surface area contributed by atoms with Crippen LogP contribution in [0.25, 0.3) is 0 Å². The van der Waals surface area contributed by atoms with E-state index >= 15 is 0 Å². The van der Waals surface area contributed by atoms with Crippen LogP contribution in [0.3, 0.4) is 0 Å². The molecule has 0 spiro atoms. The largest absolute Gasteiger partial charge is 0.299 e. The molecular formula is C11H20O. The molecule has 0 amide bonds. The molecule has 0 atom stereocenters. The van der Waals surface area contributed by atoms with Crippen molar-refractivity contribution >= 4 is 5.78 Å². The Morgan fingerprint density at radius 3 is 2.08 bits per heavy atom. The SMILES string of the molecule is CCC(=O)C1CCCCCCC1. The summed E-state index contributed by atoms with van der Waals surface area (Å²) in [6.45, 7) is 1.99. The van der Waals surface area contributed by atoms with Gasteiger partial charge in [-0.25, -0.2) is 0 Å². The monoisotopic (exact) mass is 168 g/mol. The van der Waals surface area contributed by atoms with Crippen molar-refractivity contribution in [3.05, 3.63) is 0 Å². The molecule has 1 saturated carbocycles. The van der Waals surface area contributed by atoms with E-state index in [0.717, 1.165) is 19.3 Å².